The minimum Gasteiger partial charge on any atom is -0.497 e. The highest BCUT2D eigenvalue weighted by molar-refractivity contribution is 5.44. The second-order valence-electron chi connectivity index (χ2n) is 3.45. The Bertz CT molecular complexity index is 600. The molecule has 19 heavy (non-hydrogen) atoms. The number of methoxy groups -OCH3 is 1. The lowest BCUT2D eigenvalue weighted by Crippen LogP contribution is -2.01. The first-order valence-corrected chi connectivity index (χ1v) is 5.19. The van der Waals surface area contributed by atoms with Gasteiger partial charge in [0.25, 0.3) is 0 Å². The normalized spacial score (nSPS) is 9.95. The van der Waals surface area contributed by atoms with Crippen LogP contribution < -0.4 is 15.2 Å². The summed E-state index contributed by atoms with van der Waals surface area (Å²) in [4.78, 5) is 17.4. The smallest absolute Gasteiger partial charge is 0.349 e. The minimum absolute atomic E-state index is 0.103. The number of benzene rings is 1. The van der Waals surface area contributed by atoms with Crippen molar-refractivity contribution in [1.82, 2.24) is 9.97 Å². The fourth-order valence-electron chi connectivity index (χ4n) is 1.33. The number of nitro groups is 1. The van der Waals surface area contributed by atoms with E-state index in [0.29, 0.717) is 11.5 Å². The SMILES string of the molecule is COc1ccc(Oc2nc(N)ncc2[N+](=O)[O-])cc1. The molecule has 0 atom stereocenters. The molecule has 8 nitrogen and oxygen atoms in total. The van der Waals surface area contributed by atoms with Crippen LogP contribution in [0.3, 0.4) is 0 Å². The number of rotatable bonds is 4. The van der Waals surface area contributed by atoms with Crippen LogP contribution in [0.1, 0.15) is 0 Å². The van der Waals surface area contributed by atoms with Crippen molar-refractivity contribution in [1.29, 1.82) is 0 Å². The number of hydrogen-bond donors (Lipinski definition) is 1. The van der Waals surface area contributed by atoms with Gasteiger partial charge in [0.05, 0.1) is 12.0 Å². The van der Waals surface area contributed by atoms with Gasteiger partial charge in [-0.05, 0) is 24.3 Å². The predicted molar refractivity (Wildman–Crippen MR) is 66.2 cm³/mol. The van der Waals surface area contributed by atoms with Crippen molar-refractivity contribution in [2.24, 2.45) is 0 Å². The van der Waals surface area contributed by atoms with Crippen molar-refractivity contribution in [2.75, 3.05) is 12.8 Å². The van der Waals surface area contributed by atoms with E-state index >= 15 is 0 Å². The summed E-state index contributed by atoms with van der Waals surface area (Å²) in [6.45, 7) is 0. The third kappa shape index (κ3) is 2.86. The van der Waals surface area contributed by atoms with E-state index in [2.05, 4.69) is 9.97 Å². The number of hydrogen-bond acceptors (Lipinski definition) is 7. The number of aromatic nitrogens is 2. The zero-order valence-corrected chi connectivity index (χ0v) is 9.94. The molecule has 0 amide bonds. The first kappa shape index (κ1) is 12.6. The van der Waals surface area contributed by atoms with Crippen molar-refractivity contribution in [3.63, 3.8) is 0 Å². The molecular weight excluding hydrogens is 252 g/mol. The molecule has 0 bridgehead atoms. The second kappa shape index (κ2) is 5.17. The van der Waals surface area contributed by atoms with Crippen molar-refractivity contribution in [2.45, 2.75) is 0 Å². The van der Waals surface area contributed by atoms with Crippen molar-refractivity contribution in [3.05, 3.63) is 40.6 Å². The lowest BCUT2D eigenvalue weighted by Gasteiger charge is -2.06. The van der Waals surface area contributed by atoms with E-state index in [-0.39, 0.29) is 17.5 Å². The van der Waals surface area contributed by atoms with Crippen LogP contribution in [0.4, 0.5) is 11.6 Å². The summed E-state index contributed by atoms with van der Waals surface area (Å²) in [7, 11) is 1.53. The molecule has 0 spiro atoms. The highest BCUT2D eigenvalue weighted by Crippen LogP contribution is 2.29. The lowest BCUT2D eigenvalue weighted by atomic mass is 10.3. The van der Waals surface area contributed by atoms with Gasteiger partial charge in [-0.25, -0.2) is 4.98 Å². The molecule has 1 aromatic carbocycles. The second-order valence-corrected chi connectivity index (χ2v) is 3.45. The first-order chi connectivity index (χ1) is 9.10. The predicted octanol–water partition coefficient (Wildman–Crippen LogP) is 1.77. The Hall–Kier alpha value is -2.90. The molecule has 0 aliphatic rings. The maximum atomic E-state index is 10.8. The highest BCUT2D eigenvalue weighted by atomic mass is 16.6. The highest BCUT2D eigenvalue weighted by Gasteiger charge is 2.19. The number of nitrogens with two attached hydrogens (primary N) is 1. The quantitative estimate of drug-likeness (QED) is 0.659. The third-order valence-corrected chi connectivity index (χ3v) is 2.22. The van der Waals surface area contributed by atoms with Gasteiger partial charge in [0, 0.05) is 0 Å². The van der Waals surface area contributed by atoms with Crippen LogP contribution in [-0.2, 0) is 0 Å². The van der Waals surface area contributed by atoms with Gasteiger partial charge < -0.3 is 15.2 Å². The van der Waals surface area contributed by atoms with E-state index in [0.717, 1.165) is 6.20 Å². The van der Waals surface area contributed by atoms with Gasteiger partial charge in [-0.2, -0.15) is 4.98 Å². The number of nitrogen functional groups attached to an aromatic ring is 1. The van der Waals surface area contributed by atoms with Crippen molar-refractivity contribution in [3.8, 4) is 17.4 Å². The van der Waals surface area contributed by atoms with Crippen LogP contribution >= 0.6 is 0 Å². The maximum Gasteiger partial charge on any atom is 0.349 e. The molecule has 1 aromatic heterocycles. The standard InChI is InChI=1S/C11H10N4O4/c1-18-7-2-4-8(5-3-7)19-10-9(15(16)17)6-13-11(12)14-10/h2-6H,1H3,(H2,12,13,14). The van der Waals surface area contributed by atoms with Crippen LogP contribution in [0.25, 0.3) is 0 Å². The summed E-state index contributed by atoms with van der Waals surface area (Å²) in [5.74, 6) is 0.711. The topological polar surface area (TPSA) is 113 Å². The Morgan fingerprint density at radius 2 is 1.89 bits per heavy atom. The summed E-state index contributed by atoms with van der Waals surface area (Å²) in [6.07, 6.45) is 1.00. The number of nitrogens with zero attached hydrogens (tertiary/aromatic N) is 3. The largest absolute Gasteiger partial charge is 0.497 e. The average molecular weight is 262 g/mol. The summed E-state index contributed by atoms with van der Waals surface area (Å²) >= 11 is 0. The van der Waals surface area contributed by atoms with Gasteiger partial charge in [0.1, 0.15) is 17.7 Å². The Labute approximate surface area is 108 Å². The number of ether oxygens (including phenoxy) is 2. The van der Waals surface area contributed by atoms with Crippen molar-refractivity contribution < 1.29 is 14.4 Å². The Kier molecular flexibility index (Phi) is 3.42. The van der Waals surface area contributed by atoms with E-state index in [1.54, 1.807) is 24.3 Å². The Morgan fingerprint density at radius 1 is 1.26 bits per heavy atom. The monoisotopic (exact) mass is 262 g/mol. The average Bonchev–Trinajstić information content (AvgIpc) is 2.39. The molecule has 0 aliphatic heterocycles. The van der Waals surface area contributed by atoms with Crippen LogP contribution in [0.15, 0.2) is 30.5 Å². The molecule has 0 fully saturated rings. The van der Waals surface area contributed by atoms with E-state index < -0.39 is 4.92 Å². The summed E-state index contributed by atoms with van der Waals surface area (Å²) in [5, 5.41) is 10.8. The zero-order chi connectivity index (χ0) is 13.8. The zero-order valence-electron chi connectivity index (χ0n) is 9.94. The fourth-order valence-corrected chi connectivity index (χ4v) is 1.33. The van der Waals surface area contributed by atoms with Crippen LogP contribution in [0.5, 0.6) is 17.4 Å². The summed E-state index contributed by atoms with van der Waals surface area (Å²) in [5.41, 5.74) is 5.03. The first-order valence-electron chi connectivity index (χ1n) is 5.19. The molecule has 0 saturated heterocycles. The van der Waals surface area contributed by atoms with E-state index in [1.807, 2.05) is 0 Å². The molecule has 0 radical (unpaired) electrons. The molecule has 2 N–H and O–H groups in total. The molecular formula is C11H10N4O4. The Morgan fingerprint density at radius 3 is 2.47 bits per heavy atom. The van der Waals surface area contributed by atoms with Crippen LogP contribution in [0, 0.1) is 10.1 Å². The Balaban J connectivity index is 2.31. The minimum atomic E-state index is -0.641. The lowest BCUT2D eigenvalue weighted by molar-refractivity contribution is -0.386. The molecule has 98 valence electrons. The molecule has 2 aromatic rings. The van der Waals surface area contributed by atoms with Crippen molar-refractivity contribution >= 4 is 11.6 Å². The molecule has 2 rings (SSSR count). The van der Waals surface area contributed by atoms with Gasteiger partial charge in [0.2, 0.25) is 5.95 Å². The van der Waals surface area contributed by atoms with E-state index in [1.165, 1.54) is 7.11 Å². The molecule has 8 heteroatoms. The van der Waals surface area contributed by atoms with Gasteiger partial charge >= 0.3 is 11.6 Å². The fraction of sp³-hybridized carbons (Fsp3) is 0.0909. The molecule has 0 saturated carbocycles. The van der Waals surface area contributed by atoms with Crippen LogP contribution in [-0.4, -0.2) is 22.0 Å². The van der Waals surface area contributed by atoms with Gasteiger partial charge in [-0.15, -0.1) is 0 Å². The summed E-state index contributed by atoms with van der Waals surface area (Å²) in [6, 6.07) is 6.51. The van der Waals surface area contributed by atoms with Gasteiger partial charge in [-0.1, -0.05) is 0 Å². The molecule has 1 heterocycles. The van der Waals surface area contributed by atoms with Gasteiger partial charge in [-0.3, -0.25) is 10.1 Å². The van der Waals surface area contributed by atoms with Crippen LogP contribution in [0.2, 0.25) is 0 Å². The number of anilines is 1. The van der Waals surface area contributed by atoms with E-state index in [4.69, 9.17) is 15.2 Å². The van der Waals surface area contributed by atoms with Gasteiger partial charge in [0.15, 0.2) is 0 Å². The maximum absolute atomic E-state index is 10.8. The molecule has 0 aliphatic carbocycles. The third-order valence-electron chi connectivity index (χ3n) is 2.22. The van der Waals surface area contributed by atoms with E-state index in [9.17, 15) is 10.1 Å². The molecule has 0 unspecified atom stereocenters. The summed E-state index contributed by atoms with van der Waals surface area (Å²) < 4.78 is 10.3.